The van der Waals surface area contributed by atoms with Gasteiger partial charge in [0.1, 0.15) is 11.6 Å². The fraction of sp³-hybridized carbons (Fsp3) is 0.333. The maximum atomic E-state index is 14.5. The van der Waals surface area contributed by atoms with Crippen molar-refractivity contribution in [2.45, 2.75) is 12.2 Å². The smallest absolute Gasteiger partial charge is 0.259 e. The number of benzene rings is 2. The van der Waals surface area contributed by atoms with Crippen LogP contribution in [-0.4, -0.2) is 84.5 Å². The highest BCUT2D eigenvalue weighted by atomic mass is 19.1. The minimum absolute atomic E-state index is 0.0265. The summed E-state index contributed by atoms with van der Waals surface area (Å²) < 4.78 is 44.6. The summed E-state index contributed by atoms with van der Waals surface area (Å²) in [5.41, 5.74) is 5.32. The van der Waals surface area contributed by atoms with Crippen LogP contribution >= 0.6 is 0 Å². The number of nitrogens with two attached hydrogens (primary N) is 1. The second-order valence-corrected chi connectivity index (χ2v) is 8.68. The van der Waals surface area contributed by atoms with E-state index in [1.54, 1.807) is 0 Å². The summed E-state index contributed by atoms with van der Waals surface area (Å²) >= 11 is 0. The van der Waals surface area contributed by atoms with Crippen LogP contribution in [0.4, 0.5) is 26.0 Å². The number of amides is 3. The highest BCUT2D eigenvalue weighted by Crippen LogP contribution is 2.28. The lowest BCUT2D eigenvalue weighted by Crippen LogP contribution is -2.55. The Morgan fingerprint density at radius 2 is 1.87 bits per heavy atom. The van der Waals surface area contributed by atoms with Crippen molar-refractivity contribution >= 4 is 45.9 Å². The summed E-state index contributed by atoms with van der Waals surface area (Å²) in [6.07, 6.45) is -3.66. The highest BCUT2D eigenvalue weighted by Gasteiger charge is 2.40. The van der Waals surface area contributed by atoms with E-state index in [0.29, 0.717) is 26.3 Å². The molecule has 0 radical (unpaired) electrons. The topological polar surface area (TPSA) is 160 Å². The lowest BCUT2D eigenvalue weighted by Gasteiger charge is -2.34. The average Bonchev–Trinajstić information content (AvgIpc) is 3.28. The normalized spacial score (nSPS) is 19.0. The highest BCUT2D eigenvalue weighted by molar-refractivity contribution is 6.05. The maximum Gasteiger partial charge on any atom is 0.259 e. The predicted molar refractivity (Wildman–Crippen MR) is 128 cm³/mol. The molecule has 38 heavy (non-hydrogen) atoms. The number of morpholine rings is 2. The third-order valence-corrected chi connectivity index (χ3v) is 6.31. The van der Waals surface area contributed by atoms with E-state index in [2.05, 4.69) is 10.5 Å². The van der Waals surface area contributed by atoms with Crippen molar-refractivity contribution < 1.29 is 42.3 Å². The summed E-state index contributed by atoms with van der Waals surface area (Å²) in [6, 6.07) is 5.77. The molecule has 5 rings (SSSR count). The first-order valence-electron chi connectivity index (χ1n) is 11.7. The molecule has 14 heteroatoms. The van der Waals surface area contributed by atoms with Crippen molar-refractivity contribution in [3.63, 3.8) is 0 Å². The van der Waals surface area contributed by atoms with E-state index in [1.807, 2.05) is 0 Å². The molecule has 0 unspecified atom stereocenters. The minimum atomic E-state index is -2.02. The third-order valence-electron chi connectivity index (χ3n) is 6.31. The van der Waals surface area contributed by atoms with Crippen LogP contribution in [0.3, 0.4) is 0 Å². The van der Waals surface area contributed by atoms with E-state index in [-0.39, 0.29) is 46.9 Å². The van der Waals surface area contributed by atoms with Gasteiger partial charge in [-0.25, -0.2) is 8.78 Å². The molecule has 2 aromatic carbocycles. The average molecular weight is 531 g/mol. The second-order valence-electron chi connectivity index (χ2n) is 8.68. The predicted octanol–water partition coefficient (Wildman–Crippen LogP) is 0.892. The van der Waals surface area contributed by atoms with Crippen LogP contribution in [0.25, 0.3) is 11.0 Å². The van der Waals surface area contributed by atoms with Gasteiger partial charge in [-0.15, -0.1) is 0 Å². The first kappa shape index (κ1) is 25.5. The van der Waals surface area contributed by atoms with E-state index in [0.717, 1.165) is 18.2 Å². The second kappa shape index (κ2) is 10.3. The molecule has 12 nitrogen and oxygen atoms in total. The minimum Gasteiger partial charge on any atom is -0.380 e. The third kappa shape index (κ3) is 4.76. The SMILES string of the molecule is Nc1noc2cc(NC(=O)[C@H](O)[C@H]3OCCN(c4ccc(F)c(C(=O)N5CCOCC5)c4)C3=O)c(F)cc12. The fourth-order valence-corrected chi connectivity index (χ4v) is 4.29. The molecule has 3 aromatic rings. The Kier molecular flexibility index (Phi) is 6.93. The fourth-order valence-electron chi connectivity index (χ4n) is 4.29. The van der Waals surface area contributed by atoms with Gasteiger partial charge in [0.15, 0.2) is 23.6 Å². The standard InChI is InChI=1S/C24H23F2N5O7/c25-15-2-1-12(9-13(15)23(34)30-3-6-36-7-4-30)31-5-8-37-20(24(31)35)19(32)22(33)28-17-11-18-14(10-16(17)26)21(27)29-38-18/h1-2,9-11,19-20,32H,3-8H2,(H2,27,29)(H,28,33)/t19-,20-/m1/s1. The number of aliphatic hydroxyl groups excluding tert-OH is 1. The van der Waals surface area contributed by atoms with Crippen molar-refractivity contribution in [1.29, 1.82) is 0 Å². The first-order chi connectivity index (χ1) is 18.2. The van der Waals surface area contributed by atoms with E-state index < -0.39 is 41.6 Å². The lowest BCUT2D eigenvalue weighted by atomic mass is 10.1. The number of hydrogen-bond donors (Lipinski definition) is 3. The van der Waals surface area contributed by atoms with Crippen molar-refractivity contribution in [1.82, 2.24) is 10.1 Å². The van der Waals surface area contributed by atoms with Gasteiger partial charge in [0, 0.05) is 31.4 Å². The number of nitrogens with one attached hydrogen (secondary N) is 1. The molecular weight excluding hydrogens is 508 g/mol. The maximum absolute atomic E-state index is 14.5. The van der Waals surface area contributed by atoms with Crippen LogP contribution in [0.15, 0.2) is 34.9 Å². The molecule has 0 bridgehead atoms. The Morgan fingerprint density at radius 1 is 1.11 bits per heavy atom. The number of rotatable bonds is 5. The Labute approximate surface area is 213 Å². The van der Waals surface area contributed by atoms with Crippen molar-refractivity contribution in [3.8, 4) is 0 Å². The number of ether oxygens (including phenoxy) is 2. The van der Waals surface area contributed by atoms with Crippen molar-refractivity contribution in [2.24, 2.45) is 0 Å². The van der Waals surface area contributed by atoms with Crippen LogP contribution in [0.5, 0.6) is 0 Å². The summed E-state index contributed by atoms with van der Waals surface area (Å²) in [7, 11) is 0. The number of fused-ring (bicyclic) bond motifs is 1. The molecule has 2 saturated heterocycles. The van der Waals surface area contributed by atoms with Gasteiger partial charge in [0.05, 0.1) is 36.5 Å². The lowest BCUT2D eigenvalue weighted by molar-refractivity contribution is -0.150. The number of anilines is 3. The van der Waals surface area contributed by atoms with Gasteiger partial charge < -0.3 is 40.0 Å². The quantitative estimate of drug-likeness (QED) is 0.434. The summed E-state index contributed by atoms with van der Waals surface area (Å²) in [6.45, 7) is 1.24. The number of nitrogen functional groups attached to an aromatic ring is 1. The van der Waals surface area contributed by atoms with Crippen molar-refractivity contribution in [2.75, 3.05) is 55.4 Å². The summed E-state index contributed by atoms with van der Waals surface area (Å²) in [5, 5.41) is 16.5. The summed E-state index contributed by atoms with van der Waals surface area (Å²) in [5.74, 6) is -4.11. The molecule has 200 valence electrons. The molecule has 2 aliphatic heterocycles. The molecule has 0 saturated carbocycles. The number of aliphatic hydroxyl groups is 1. The number of carbonyl (C=O) groups excluding carboxylic acids is 3. The zero-order chi connectivity index (χ0) is 27.0. The Hall–Kier alpha value is -4.14. The van der Waals surface area contributed by atoms with E-state index in [4.69, 9.17) is 19.7 Å². The van der Waals surface area contributed by atoms with Gasteiger partial charge in [-0.2, -0.15) is 0 Å². The molecule has 1 aromatic heterocycles. The molecule has 2 aliphatic rings. The largest absolute Gasteiger partial charge is 0.380 e. The van der Waals surface area contributed by atoms with Gasteiger partial charge >= 0.3 is 0 Å². The number of nitrogens with zero attached hydrogens (tertiary/aromatic N) is 3. The van der Waals surface area contributed by atoms with Gasteiger partial charge in [0.2, 0.25) is 0 Å². The van der Waals surface area contributed by atoms with Gasteiger partial charge in [-0.3, -0.25) is 14.4 Å². The van der Waals surface area contributed by atoms with E-state index >= 15 is 0 Å². The number of aromatic nitrogens is 1. The van der Waals surface area contributed by atoms with Gasteiger partial charge in [-0.1, -0.05) is 5.16 Å². The van der Waals surface area contributed by atoms with Crippen LogP contribution in [-0.2, 0) is 19.1 Å². The molecule has 3 heterocycles. The van der Waals surface area contributed by atoms with Crippen LogP contribution in [0, 0.1) is 11.6 Å². The van der Waals surface area contributed by atoms with Crippen LogP contribution in [0.1, 0.15) is 10.4 Å². The Balaban J connectivity index is 1.32. The van der Waals surface area contributed by atoms with E-state index in [1.165, 1.54) is 21.9 Å². The van der Waals surface area contributed by atoms with Gasteiger partial charge in [0.25, 0.3) is 17.7 Å². The van der Waals surface area contributed by atoms with Crippen LogP contribution < -0.4 is 16.0 Å². The molecule has 4 N–H and O–H groups in total. The molecule has 0 spiro atoms. The van der Waals surface area contributed by atoms with Crippen LogP contribution in [0.2, 0.25) is 0 Å². The molecule has 3 amide bonds. The Bertz CT molecular complexity index is 1410. The summed E-state index contributed by atoms with van der Waals surface area (Å²) in [4.78, 5) is 41.4. The monoisotopic (exact) mass is 531 g/mol. The molecule has 0 aliphatic carbocycles. The molecule has 2 fully saturated rings. The Morgan fingerprint density at radius 3 is 2.63 bits per heavy atom. The van der Waals surface area contributed by atoms with E-state index in [9.17, 15) is 28.3 Å². The molecular formula is C24H23F2N5O7. The first-order valence-corrected chi connectivity index (χ1v) is 11.7. The van der Waals surface area contributed by atoms with Gasteiger partial charge in [-0.05, 0) is 24.3 Å². The van der Waals surface area contributed by atoms with Crippen molar-refractivity contribution in [3.05, 3.63) is 47.5 Å². The number of hydrogen-bond acceptors (Lipinski definition) is 9. The zero-order valence-electron chi connectivity index (χ0n) is 19.9. The number of carbonyl (C=O) groups is 3. The zero-order valence-corrected chi connectivity index (χ0v) is 19.9. The number of halogens is 2. The molecule has 2 atom stereocenters.